The Morgan fingerprint density at radius 1 is 0.886 bits per heavy atom. The maximum Gasteiger partial charge on any atom is 0.254 e. The molecule has 186 valence electrons. The van der Waals surface area contributed by atoms with Gasteiger partial charge in [0.15, 0.2) is 0 Å². The van der Waals surface area contributed by atoms with Crippen LogP contribution in [0.1, 0.15) is 60.3 Å². The number of nitrogens with zero attached hydrogens (tertiary/aromatic N) is 3. The van der Waals surface area contributed by atoms with E-state index in [4.69, 9.17) is 0 Å². The first-order valence-corrected chi connectivity index (χ1v) is 13.2. The van der Waals surface area contributed by atoms with E-state index in [0.717, 1.165) is 41.5 Å². The zero-order valence-corrected chi connectivity index (χ0v) is 22.6. The molecule has 0 aliphatic heterocycles. The number of hydrogen-bond donors (Lipinski definition) is 0. The molecule has 3 aromatic rings. The molecule has 0 saturated carbocycles. The molecule has 0 bridgehead atoms. The number of amides is 2. The number of carbonyl (C=O) groups is 2. The third-order valence-corrected chi connectivity index (χ3v) is 6.61. The SMILES string of the molecule is CCCCN(Cc1cccn1Cc1ccc(Br)cc1)C(=O)CN(CCC)C(=O)c1ccc(C)cc1. The Labute approximate surface area is 217 Å². The normalized spacial score (nSPS) is 10.9. The lowest BCUT2D eigenvalue weighted by Gasteiger charge is -2.28. The van der Waals surface area contributed by atoms with Gasteiger partial charge in [-0.3, -0.25) is 9.59 Å². The van der Waals surface area contributed by atoms with E-state index in [-0.39, 0.29) is 18.4 Å². The summed E-state index contributed by atoms with van der Waals surface area (Å²) < 4.78 is 3.25. The average Bonchev–Trinajstić information content (AvgIpc) is 3.29. The highest BCUT2D eigenvalue weighted by molar-refractivity contribution is 9.10. The number of aryl methyl sites for hydroxylation is 1. The van der Waals surface area contributed by atoms with Gasteiger partial charge in [-0.25, -0.2) is 0 Å². The van der Waals surface area contributed by atoms with E-state index in [1.54, 1.807) is 4.90 Å². The summed E-state index contributed by atoms with van der Waals surface area (Å²) in [4.78, 5) is 30.2. The van der Waals surface area contributed by atoms with Crippen LogP contribution in [0.15, 0.2) is 71.3 Å². The first-order valence-electron chi connectivity index (χ1n) is 12.4. The van der Waals surface area contributed by atoms with Crippen molar-refractivity contribution in [1.82, 2.24) is 14.4 Å². The summed E-state index contributed by atoms with van der Waals surface area (Å²) in [5.74, 6) is -0.0991. The van der Waals surface area contributed by atoms with Crippen molar-refractivity contribution in [1.29, 1.82) is 0 Å². The monoisotopic (exact) mass is 537 g/mol. The number of carbonyl (C=O) groups excluding carboxylic acids is 2. The van der Waals surface area contributed by atoms with Gasteiger partial charge < -0.3 is 14.4 Å². The molecule has 0 saturated heterocycles. The molecular weight excluding hydrogens is 502 g/mol. The predicted octanol–water partition coefficient (Wildman–Crippen LogP) is 6.29. The molecule has 0 fully saturated rings. The number of hydrogen-bond acceptors (Lipinski definition) is 2. The van der Waals surface area contributed by atoms with E-state index in [1.165, 1.54) is 5.56 Å². The molecule has 0 radical (unpaired) electrons. The number of halogens is 1. The summed E-state index contributed by atoms with van der Waals surface area (Å²) in [5, 5.41) is 0. The summed E-state index contributed by atoms with van der Waals surface area (Å²) in [6, 6.07) is 20.0. The Bertz CT molecular complexity index is 1090. The third kappa shape index (κ3) is 7.82. The Hall–Kier alpha value is -2.86. The second kappa shape index (κ2) is 13.3. The maximum absolute atomic E-state index is 13.5. The molecule has 0 atom stereocenters. The second-order valence-electron chi connectivity index (χ2n) is 9.02. The number of rotatable bonds is 12. The standard InChI is InChI=1S/C29H36BrN3O2/c1-4-6-18-32(21-27-8-7-19-31(27)20-24-11-15-26(30)16-12-24)28(34)22-33(17-5-2)29(35)25-13-9-23(3)10-14-25/h7-16,19H,4-6,17-18,20-22H2,1-3H3. The van der Waals surface area contributed by atoms with Crippen LogP contribution in [0.3, 0.4) is 0 Å². The first-order chi connectivity index (χ1) is 16.9. The Morgan fingerprint density at radius 2 is 1.60 bits per heavy atom. The summed E-state index contributed by atoms with van der Waals surface area (Å²) in [6.07, 6.45) is 4.80. The van der Waals surface area contributed by atoms with Crippen LogP contribution in [0.5, 0.6) is 0 Å². The van der Waals surface area contributed by atoms with Crippen molar-refractivity contribution < 1.29 is 9.59 Å². The molecule has 0 N–H and O–H groups in total. The van der Waals surface area contributed by atoms with Crippen LogP contribution < -0.4 is 0 Å². The van der Waals surface area contributed by atoms with Crippen molar-refractivity contribution in [3.63, 3.8) is 0 Å². The van der Waals surface area contributed by atoms with E-state index < -0.39 is 0 Å². The third-order valence-electron chi connectivity index (χ3n) is 6.08. The summed E-state index contributed by atoms with van der Waals surface area (Å²) in [5.41, 5.74) is 4.02. The smallest absolute Gasteiger partial charge is 0.254 e. The van der Waals surface area contributed by atoms with Crippen LogP contribution in [0.4, 0.5) is 0 Å². The Kier molecular flexibility index (Phi) is 10.2. The molecular formula is C29H36BrN3O2. The topological polar surface area (TPSA) is 45.6 Å². The van der Waals surface area contributed by atoms with Gasteiger partial charge in [0, 0.05) is 41.6 Å². The van der Waals surface area contributed by atoms with Crippen molar-refractivity contribution in [3.8, 4) is 0 Å². The molecule has 2 amide bonds. The van der Waals surface area contributed by atoms with Gasteiger partial charge in [-0.1, -0.05) is 66.0 Å². The molecule has 35 heavy (non-hydrogen) atoms. The maximum atomic E-state index is 13.5. The van der Waals surface area contributed by atoms with Gasteiger partial charge in [-0.15, -0.1) is 0 Å². The van der Waals surface area contributed by atoms with Crippen LogP contribution in [0.25, 0.3) is 0 Å². The zero-order chi connectivity index (χ0) is 25.2. The van der Waals surface area contributed by atoms with Crippen molar-refractivity contribution >= 4 is 27.7 Å². The molecule has 3 rings (SSSR count). The van der Waals surface area contributed by atoms with Crippen LogP contribution in [0.2, 0.25) is 0 Å². The molecule has 1 heterocycles. The minimum atomic E-state index is -0.0887. The van der Waals surface area contributed by atoms with Crippen LogP contribution in [-0.4, -0.2) is 45.8 Å². The van der Waals surface area contributed by atoms with Crippen molar-refractivity contribution in [3.05, 3.63) is 93.7 Å². The zero-order valence-electron chi connectivity index (χ0n) is 21.0. The second-order valence-corrected chi connectivity index (χ2v) is 9.93. The minimum absolute atomic E-state index is 0.0104. The van der Waals surface area contributed by atoms with Gasteiger partial charge in [0.1, 0.15) is 6.54 Å². The summed E-state index contributed by atoms with van der Waals surface area (Å²) in [6.45, 7) is 8.77. The lowest BCUT2D eigenvalue weighted by Crippen LogP contribution is -2.43. The van der Waals surface area contributed by atoms with Gasteiger partial charge in [-0.2, -0.15) is 0 Å². The summed E-state index contributed by atoms with van der Waals surface area (Å²) in [7, 11) is 0. The van der Waals surface area contributed by atoms with Gasteiger partial charge in [0.25, 0.3) is 5.91 Å². The van der Waals surface area contributed by atoms with E-state index in [1.807, 2.05) is 61.2 Å². The molecule has 1 aromatic heterocycles. The average molecular weight is 539 g/mol. The molecule has 0 aliphatic rings. The highest BCUT2D eigenvalue weighted by atomic mass is 79.9. The fourth-order valence-electron chi connectivity index (χ4n) is 4.03. The van der Waals surface area contributed by atoms with Crippen LogP contribution in [-0.2, 0) is 17.9 Å². The molecule has 0 aliphatic carbocycles. The predicted molar refractivity (Wildman–Crippen MR) is 145 cm³/mol. The molecule has 0 unspecified atom stereocenters. The molecule has 2 aromatic carbocycles. The van der Waals surface area contributed by atoms with E-state index in [9.17, 15) is 9.59 Å². The molecule has 6 heteroatoms. The largest absolute Gasteiger partial charge is 0.345 e. The number of benzene rings is 2. The highest BCUT2D eigenvalue weighted by Gasteiger charge is 2.22. The van der Waals surface area contributed by atoms with Crippen LogP contribution in [0, 0.1) is 6.92 Å². The van der Waals surface area contributed by atoms with E-state index in [2.05, 4.69) is 51.8 Å². The molecule has 5 nitrogen and oxygen atoms in total. The van der Waals surface area contributed by atoms with Gasteiger partial charge in [-0.05, 0) is 61.7 Å². The Morgan fingerprint density at radius 3 is 2.26 bits per heavy atom. The van der Waals surface area contributed by atoms with Gasteiger partial charge in [0.2, 0.25) is 5.91 Å². The fourth-order valence-corrected chi connectivity index (χ4v) is 4.30. The lowest BCUT2D eigenvalue weighted by atomic mass is 10.1. The summed E-state index contributed by atoms with van der Waals surface area (Å²) >= 11 is 3.49. The van der Waals surface area contributed by atoms with Crippen molar-refractivity contribution in [2.75, 3.05) is 19.6 Å². The highest BCUT2D eigenvalue weighted by Crippen LogP contribution is 2.15. The van der Waals surface area contributed by atoms with Gasteiger partial charge in [0.05, 0.1) is 6.54 Å². The molecule has 0 spiro atoms. The fraction of sp³-hybridized carbons (Fsp3) is 0.379. The first kappa shape index (κ1) is 26.7. The number of unbranched alkanes of at least 4 members (excludes halogenated alkanes) is 1. The van der Waals surface area contributed by atoms with Crippen molar-refractivity contribution in [2.24, 2.45) is 0 Å². The van der Waals surface area contributed by atoms with E-state index in [0.29, 0.717) is 25.2 Å². The van der Waals surface area contributed by atoms with Gasteiger partial charge >= 0.3 is 0 Å². The lowest BCUT2D eigenvalue weighted by molar-refractivity contribution is -0.132. The Balaban J connectivity index is 1.74. The number of aromatic nitrogens is 1. The van der Waals surface area contributed by atoms with Crippen LogP contribution >= 0.6 is 15.9 Å². The quantitative estimate of drug-likeness (QED) is 0.272. The van der Waals surface area contributed by atoms with Crippen molar-refractivity contribution in [2.45, 2.75) is 53.1 Å². The minimum Gasteiger partial charge on any atom is -0.345 e. The van der Waals surface area contributed by atoms with E-state index >= 15 is 0 Å².